The minimum absolute atomic E-state index is 0.135. The van der Waals surface area contributed by atoms with Crippen molar-refractivity contribution in [3.63, 3.8) is 0 Å². The van der Waals surface area contributed by atoms with Crippen molar-refractivity contribution in [3.05, 3.63) is 35.4 Å². The maximum Gasteiger partial charge on any atom is 0.122 e. The molecular weight excluding hydrogens is 262 g/mol. The van der Waals surface area contributed by atoms with E-state index in [0.29, 0.717) is 0 Å². The molecular formula is C16H27N5. The highest BCUT2D eigenvalue weighted by atomic mass is 15.3. The van der Waals surface area contributed by atoms with Crippen molar-refractivity contribution < 1.29 is 0 Å². The summed E-state index contributed by atoms with van der Waals surface area (Å²) in [5.41, 5.74) is 7.57. The molecule has 0 aliphatic carbocycles. The summed E-state index contributed by atoms with van der Waals surface area (Å²) in [7, 11) is 4.25. The van der Waals surface area contributed by atoms with Crippen LogP contribution in [-0.2, 0) is 6.54 Å². The van der Waals surface area contributed by atoms with Gasteiger partial charge < -0.3 is 10.6 Å². The Morgan fingerprint density at radius 1 is 1.10 bits per heavy atom. The average Bonchev–Trinajstić information content (AvgIpc) is 2.47. The molecule has 1 aromatic carbocycles. The first-order valence-electron chi connectivity index (χ1n) is 7.57. The third-order valence-electron chi connectivity index (χ3n) is 4.00. The first-order valence-corrected chi connectivity index (χ1v) is 7.57. The van der Waals surface area contributed by atoms with Crippen LogP contribution in [0.2, 0.25) is 0 Å². The molecule has 0 aromatic heterocycles. The summed E-state index contributed by atoms with van der Waals surface area (Å²) in [6.07, 6.45) is 0. The number of piperazine rings is 1. The number of hydrogen-bond donors (Lipinski definition) is 2. The molecule has 5 heteroatoms. The van der Waals surface area contributed by atoms with Gasteiger partial charge in [-0.25, -0.2) is 0 Å². The molecule has 1 aromatic rings. The maximum absolute atomic E-state index is 7.41. The second-order valence-corrected chi connectivity index (χ2v) is 6.03. The topological polar surface area (TPSA) is 59.6 Å². The number of rotatable bonds is 6. The van der Waals surface area contributed by atoms with E-state index in [1.807, 2.05) is 12.1 Å². The van der Waals surface area contributed by atoms with Crippen LogP contribution >= 0.6 is 0 Å². The van der Waals surface area contributed by atoms with Crippen molar-refractivity contribution in [1.29, 1.82) is 5.41 Å². The van der Waals surface area contributed by atoms with Gasteiger partial charge in [0, 0.05) is 51.4 Å². The molecule has 3 N–H and O–H groups in total. The van der Waals surface area contributed by atoms with E-state index in [9.17, 15) is 0 Å². The van der Waals surface area contributed by atoms with Crippen molar-refractivity contribution in [2.24, 2.45) is 5.73 Å². The molecule has 0 atom stereocenters. The molecule has 5 nitrogen and oxygen atoms in total. The van der Waals surface area contributed by atoms with Gasteiger partial charge in [0.1, 0.15) is 5.84 Å². The van der Waals surface area contributed by atoms with Crippen LogP contribution in [0.5, 0.6) is 0 Å². The number of amidine groups is 1. The molecule has 21 heavy (non-hydrogen) atoms. The van der Waals surface area contributed by atoms with Gasteiger partial charge in [-0.15, -0.1) is 0 Å². The Kier molecular flexibility index (Phi) is 5.73. The fraction of sp³-hybridized carbons (Fsp3) is 0.562. The lowest BCUT2D eigenvalue weighted by Gasteiger charge is -2.35. The zero-order valence-electron chi connectivity index (χ0n) is 13.2. The summed E-state index contributed by atoms with van der Waals surface area (Å²) in [6.45, 7) is 7.84. The molecule has 1 fully saturated rings. The number of nitrogens with one attached hydrogen (secondary N) is 1. The van der Waals surface area contributed by atoms with Crippen LogP contribution in [0.3, 0.4) is 0 Å². The van der Waals surface area contributed by atoms with E-state index >= 15 is 0 Å². The molecule has 0 radical (unpaired) electrons. The smallest absolute Gasteiger partial charge is 0.122 e. The van der Waals surface area contributed by atoms with Crippen LogP contribution in [0.15, 0.2) is 24.3 Å². The van der Waals surface area contributed by atoms with Gasteiger partial charge in [0.05, 0.1) is 0 Å². The highest BCUT2D eigenvalue weighted by Crippen LogP contribution is 2.10. The number of likely N-dealkylation sites (N-methyl/N-ethyl adjacent to an activating group) is 1. The van der Waals surface area contributed by atoms with Crippen LogP contribution in [0.25, 0.3) is 0 Å². The number of nitrogens with zero attached hydrogens (tertiary/aromatic N) is 3. The SMILES string of the molecule is CN(C)CCN1CCN(Cc2ccc(C(=N)N)cc2)CC1. The Hall–Kier alpha value is -1.43. The van der Waals surface area contributed by atoms with Crippen molar-refractivity contribution in [1.82, 2.24) is 14.7 Å². The molecule has 0 amide bonds. The minimum Gasteiger partial charge on any atom is -0.384 e. The van der Waals surface area contributed by atoms with E-state index in [1.54, 1.807) is 0 Å². The third-order valence-corrected chi connectivity index (χ3v) is 4.00. The molecule has 1 saturated heterocycles. The van der Waals surface area contributed by atoms with Gasteiger partial charge in [0.15, 0.2) is 0 Å². The van der Waals surface area contributed by atoms with E-state index in [-0.39, 0.29) is 5.84 Å². The molecule has 1 heterocycles. The summed E-state index contributed by atoms with van der Waals surface area (Å²) in [6, 6.07) is 8.03. The second kappa shape index (κ2) is 7.54. The van der Waals surface area contributed by atoms with Crippen LogP contribution < -0.4 is 5.73 Å². The average molecular weight is 289 g/mol. The Balaban J connectivity index is 1.76. The number of nitrogens with two attached hydrogens (primary N) is 1. The number of benzene rings is 1. The van der Waals surface area contributed by atoms with Crippen molar-refractivity contribution in [2.75, 3.05) is 53.4 Å². The van der Waals surface area contributed by atoms with E-state index < -0.39 is 0 Å². The highest BCUT2D eigenvalue weighted by Gasteiger charge is 2.16. The first kappa shape index (κ1) is 15.9. The Morgan fingerprint density at radius 2 is 1.67 bits per heavy atom. The van der Waals surface area contributed by atoms with Crippen molar-refractivity contribution >= 4 is 5.84 Å². The monoisotopic (exact) mass is 289 g/mol. The van der Waals surface area contributed by atoms with Crippen LogP contribution in [0, 0.1) is 5.41 Å². The minimum atomic E-state index is 0.135. The molecule has 1 aliphatic heterocycles. The summed E-state index contributed by atoms with van der Waals surface area (Å²) in [4.78, 5) is 7.27. The Morgan fingerprint density at radius 3 is 2.19 bits per heavy atom. The quantitative estimate of drug-likeness (QED) is 0.596. The van der Waals surface area contributed by atoms with Gasteiger partial charge in [0.25, 0.3) is 0 Å². The molecule has 0 unspecified atom stereocenters. The predicted molar refractivity (Wildman–Crippen MR) is 87.7 cm³/mol. The van der Waals surface area contributed by atoms with E-state index in [2.05, 4.69) is 40.9 Å². The van der Waals surface area contributed by atoms with Gasteiger partial charge in [0.2, 0.25) is 0 Å². The summed E-state index contributed by atoms with van der Waals surface area (Å²) >= 11 is 0. The van der Waals surface area contributed by atoms with Gasteiger partial charge in [-0.05, 0) is 19.7 Å². The molecule has 0 saturated carbocycles. The largest absolute Gasteiger partial charge is 0.384 e. The van der Waals surface area contributed by atoms with Gasteiger partial charge in [-0.2, -0.15) is 0 Å². The van der Waals surface area contributed by atoms with Gasteiger partial charge in [-0.3, -0.25) is 15.2 Å². The molecule has 1 aliphatic rings. The zero-order chi connectivity index (χ0) is 15.2. The Labute approximate surface area is 127 Å². The van der Waals surface area contributed by atoms with Crippen LogP contribution in [-0.4, -0.2) is 73.9 Å². The fourth-order valence-electron chi connectivity index (χ4n) is 2.56. The summed E-state index contributed by atoms with van der Waals surface area (Å²) in [5, 5.41) is 7.41. The lowest BCUT2D eigenvalue weighted by atomic mass is 10.1. The highest BCUT2D eigenvalue weighted by molar-refractivity contribution is 5.94. The first-order chi connectivity index (χ1) is 10.0. The van der Waals surface area contributed by atoms with Gasteiger partial charge in [-0.1, -0.05) is 24.3 Å². The normalized spacial score (nSPS) is 17.3. The third kappa shape index (κ3) is 5.12. The summed E-state index contributed by atoms with van der Waals surface area (Å²) in [5.74, 6) is 0.135. The molecule has 2 rings (SSSR count). The number of hydrogen-bond acceptors (Lipinski definition) is 4. The van der Waals surface area contributed by atoms with Crippen LogP contribution in [0.1, 0.15) is 11.1 Å². The fourth-order valence-corrected chi connectivity index (χ4v) is 2.56. The number of nitrogen functional groups attached to an aromatic ring is 1. The maximum atomic E-state index is 7.41. The predicted octanol–water partition coefficient (Wildman–Crippen LogP) is 0.650. The van der Waals surface area contributed by atoms with E-state index in [0.717, 1.165) is 51.4 Å². The summed E-state index contributed by atoms with van der Waals surface area (Å²) < 4.78 is 0. The lowest BCUT2D eigenvalue weighted by Crippen LogP contribution is -2.47. The van der Waals surface area contributed by atoms with Crippen molar-refractivity contribution in [3.8, 4) is 0 Å². The molecule has 0 spiro atoms. The molecule has 116 valence electrons. The standard InChI is InChI=1S/C16H27N5/c1-19(2)7-8-20-9-11-21(12-10-20)13-14-3-5-15(6-4-14)16(17)18/h3-6H,7-13H2,1-2H3,(H3,17,18). The lowest BCUT2D eigenvalue weighted by molar-refractivity contribution is 0.120. The Bertz CT molecular complexity index is 446. The van der Waals surface area contributed by atoms with Crippen molar-refractivity contribution in [2.45, 2.75) is 6.54 Å². The van der Waals surface area contributed by atoms with E-state index in [1.165, 1.54) is 5.56 Å². The van der Waals surface area contributed by atoms with E-state index in [4.69, 9.17) is 11.1 Å². The zero-order valence-corrected chi connectivity index (χ0v) is 13.2. The van der Waals surface area contributed by atoms with Gasteiger partial charge >= 0.3 is 0 Å². The molecule has 0 bridgehead atoms. The van der Waals surface area contributed by atoms with Crippen LogP contribution in [0.4, 0.5) is 0 Å². The second-order valence-electron chi connectivity index (χ2n) is 6.03.